The second-order valence-electron chi connectivity index (χ2n) is 7.54. The molecule has 0 radical (unpaired) electrons. The van der Waals surface area contributed by atoms with Crippen LogP contribution in [0, 0.1) is 0 Å². The van der Waals surface area contributed by atoms with Gasteiger partial charge < -0.3 is 10.5 Å². The third-order valence-electron chi connectivity index (χ3n) is 5.21. The largest absolute Gasteiger partial charge is 0.484 e. The number of rotatable bonds is 8. The highest BCUT2D eigenvalue weighted by atomic mass is 35.5. The van der Waals surface area contributed by atoms with Crippen LogP contribution >= 0.6 is 22.9 Å². The van der Waals surface area contributed by atoms with Gasteiger partial charge in [0, 0.05) is 28.6 Å². The van der Waals surface area contributed by atoms with Gasteiger partial charge in [0.15, 0.2) is 9.84 Å². The zero-order chi connectivity index (χ0) is 23.8. The van der Waals surface area contributed by atoms with Crippen molar-refractivity contribution >= 4 is 44.3 Å². The molecule has 0 aliphatic heterocycles. The van der Waals surface area contributed by atoms with E-state index in [0.29, 0.717) is 32.6 Å². The van der Waals surface area contributed by atoms with Gasteiger partial charge in [-0.1, -0.05) is 42.8 Å². The monoisotopic (exact) mass is 503 g/mol. The number of hydrogen-bond donors (Lipinski definition) is 1. The molecular weight excluding hydrogens is 482 g/mol. The fourth-order valence-corrected chi connectivity index (χ4v) is 5.59. The van der Waals surface area contributed by atoms with E-state index in [2.05, 4.69) is 4.98 Å². The van der Waals surface area contributed by atoms with Crippen molar-refractivity contribution < 1.29 is 17.9 Å². The minimum Gasteiger partial charge on any atom is -0.484 e. The summed E-state index contributed by atoms with van der Waals surface area (Å²) < 4.78 is 32.0. The maximum atomic E-state index is 12.1. The molecular formula is C23H22ClN3O4S2. The number of primary amides is 1. The molecule has 1 aromatic carbocycles. The number of sulfone groups is 1. The average Bonchev–Trinajstić information content (AvgIpc) is 3.37. The molecule has 3 aromatic heterocycles. The van der Waals surface area contributed by atoms with E-state index < -0.39 is 21.8 Å². The lowest BCUT2D eigenvalue weighted by molar-refractivity contribution is 0.0998. The van der Waals surface area contributed by atoms with E-state index in [-0.39, 0.29) is 16.4 Å². The van der Waals surface area contributed by atoms with Gasteiger partial charge in [-0.3, -0.25) is 9.20 Å². The minimum atomic E-state index is -3.18. The average molecular weight is 504 g/mol. The summed E-state index contributed by atoms with van der Waals surface area (Å²) in [5.41, 5.74) is 8.42. The van der Waals surface area contributed by atoms with Crippen LogP contribution < -0.4 is 10.5 Å². The highest BCUT2D eigenvalue weighted by Crippen LogP contribution is 2.39. The number of thiophene rings is 1. The Morgan fingerprint density at radius 3 is 2.73 bits per heavy atom. The van der Waals surface area contributed by atoms with Gasteiger partial charge >= 0.3 is 0 Å². The summed E-state index contributed by atoms with van der Waals surface area (Å²) in [5, 5.41) is 0.567. The maximum Gasteiger partial charge on any atom is 0.262 e. The SMILES string of the molecule is CCS(=O)(=O)Cc1ccc2ncc(-c3cc(OC(C)c4ccccc4Cl)c(C(N)=O)s3)n2c1. The number of nitrogens with two attached hydrogens (primary N) is 1. The van der Waals surface area contributed by atoms with Crippen LogP contribution in [0.4, 0.5) is 0 Å². The minimum absolute atomic E-state index is 0.0578. The van der Waals surface area contributed by atoms with E-state index in [9.17, 15) is 13.2 Å². The standard InChI is InChI=1S/C23H22ClN3O4S2/c1-3-33(29,30)13-15-8-9-21-26-11-18(27(21)12-15)20-10-19(22(32-20)23(25)28)31-14(2)16-6-4-5-7-17(16)24/h4-12,14H,3,13H2,1-2H3,(H2,25,28). The molecule has 0 saturated heterocycles. The van der Waals surface area contributed by atoms with Crippen LogP contribution in [0.5, 0.6) is 5.75 Å². The summed E-state index contributed by atoms with van der Waals surface area (Å²) in [6, 6.07) is 12.6. The lowest BCUT2D eigenvalue weighted by atomic mass is 10.1. The summed E-state index contributed by atoms with van der Waals surface area (Å²) >= 11 is 7.48. The molecule has 4 rings (SSSR count). The lowest BCUT2D eigenvalue weighted by Gasteiger charge is -2.16. The number of pyridine rings is 1. The number of nitrogens with zero attached hydrogens (tertiary/aromatic N) is 2. The van der Waals surface area contributed by atoms with Crippen molar-refractivity contribution in [2.75, 3.05) is 5.75 Å². The van der Waals surface area contributed by atoms with Gasteiger partial charge in [0.25, 0.3) is 5.91 Å². The smallest absolute Gasteiger partial charge is 0.262 e. The molecule has 33 heavy (non-hydrogen) atoms. The van der Waals surface area contributed by atoms with Crippen LogP contribution in [0.15, 0.2) is 54.9 Å². The molecule has 7 nitrogen and oxygen atoms in total. The summed E-state index contributed by atoms with van der Waals surface area (Å²) in [6.45, 7) is 3.47. The van der Waals surface area contributed by atoms with Crippen LogP contribution in [-0.4, -0.2) is 29.5 Å². The van der Waals surface area contributed by atoms with E-state index in [0.717, 1.165) is 5.56 Å². The highest BCUT2D eigenvalue weighted by Gasteiger charge is 2.21. The first-order valence-electron chi connectivity index (χ1n) is 10.2. The first-order chi connectivity index (χ1) is 15.7. The molecule has 0 saturated carbocycles. The predicted molar refractivity (Wildman–Crippen MR) is 131 cm³/mol. The van der Waals surface area contributed by atoms with Gasteiger partial charge in [-0.05, 0) is 24.6 Å². The lowest BCUT2D eigenvalue weighted by Crippen LogP contribution is -2.12. The first-order valence-corrected chi connectivity index (χ1v) is 13.2. The number of ether oxygens (including phenoxy) is 1. The van der Waals surface area contributed by atoms with E-state index in [1.54, 1.807) is 48.0 Å². The third kappa shape index (κ3) is 4.90. The van der Waals surface area contributed by atoms with Gasteiger partial charge in [-0.2, -0.15) is 0 Å². The second kappa shape index (κ2) is 9.17. The van der Waals surface area contributed by atoms with Crippen molar-refractivity contribution in [2.45, 2.75) is 25.7 Å². The molecule has 0 aliphatic rings. The Labute approximate surface area is 200 Å². The summed E-state index contributed by atoms with van der Waals surface area (Å²) in [5.74, 6) is -0.234. The van der Waals surface area contributed by atoms with Gasteiger partial charge in [-0.15, -0.1) is 11.3 Å². The van der Waals surface area contributed by atoms with Gasteiger partial charge in [-0.25, -0.2) is 13.4 Å². The van der Waals surface area contributed by atoms with E-state index in [4.69, 9.17) is 22.1 Å². The number of halogens is 1. The second-order valence-corrected chi connectivity index (χ2v) is 11.3. The molecule has 10 heteroatoms. The molecule has 1 atom stereocenters. The van der Waals surface area contributed by atoms with Crippen LogP contribution in [-0.2, 0) is 15.6 Å². The van der Waals surface area contributed by atoms with Crippen molar-refractivity contribution in [3.63, 3.8) is 0 Å². The van der Waals surface area contributed by atoms with Crippen molar-refractivity contribution in [1.82, 2.24) is 9.38 Å². The van der Waals surface area contributed by atoms with E-state index >= 15 is 0 Å². The normalized spacial score (nSPS) is 12.7. The predicted octanol–water partition coefficient (Wildman–Crippen LogP) is 4.89. The summed E-state index contributed by atoms with van der Waals surface area (Å²) in [7, 11) is -3.18. The highest BCUT2D eigenvalue weighted by molar-refractivity contribution is 7.90. The number of aromatic nitrogens is 2. The molecule has 0 fully saturated rings. The van der Waals surface area contributed by atoms with E-state index in [1.165, 1.54) is 11.3 Å². The fraction of sp³-hybridized carbons (Fsp3) is 0.217. The molecule has 172 valence electrons. The van der Waals surface area contributed by atoms with Gasteiger partial charge in [0.1, 0.15) is 22.4 Å². The van der Waals surface area contributed by atoms with Gasteiger partial charge in [0.2, 0.25) is 0 Å². The topological polar surface area (TPSA) is 104 Å². The molecule has 2 N–H and O–H groups in total. The summed E-state index contributed by atoms with van der Waals surface area (Å²) in [4.78, 5) is 17.5. The number of hydrogen-bond acceptors (Lipinski definition) is 6. The summed E-state index contributed by atoms with van der Waals surface area (Å²) in [6.07, 6.45) is 3.01. The number of fused-ring (bicyclic) bond motifs is 1. The third-order valence-corrected chi connectivity index (χ3v) is 8.36. The van der Waals surface area contributed by atoms with Crippen LogP contribution in [0.1, 0.15) is 40.8 Å². The molecule has 1 unspecified atom stereocenters. The van der Waals surface area contributed by atoms with Crippen LogP contribution in [0.25, 0.3) is 16.2 Å². The van der Waals surface area contributed by atoms with Crippen LogP contribution in [0.3, 0.4) is 0 Å². The Bertz CT molecular complexity index is 1440. The Morgan fingerprint density at radius 2 is 2.03 bits per heavy atom. The maximum absolute atomic E-state index is 12.1. The molecule has 0 bridgehead atoms. The van der Waals surface area contributed by atoms with Gasteiger partial charge in [0.05, 0.1) is 22.5 Å². The van der Waals surface area contributed by atoms with E-state index in [1.807, 2.05) is 25.1 Å². The molecule has 3 heterocycles. The fourth-order valence-electron chi connectivity index (χ4n) is 3.47. The molecule has 1 amide bonds. The zero-order valence-electron chi connectivity index (χ0n) is 18.0. The molecule has 4 aromatic rings. The first kappa shape index (κ1) is 23.3. The number of amides is 1. The quantitative estimate of drug-likeness (QED) is 0.368. The van der Waals surface area contributed by atoms with Crippen LogP contribution in [0.2, 0.25) is 5.02 Å². The number of benzene rings is 1. The Hall–Kier alpha value is -2.88. The number of carbonyl (C=O) groups excluding carboxylic acids is 1. The molecule has 0 spiro atoms. The van der Waals surface area contributed by atoms with Crippen molar-refractivity contribution in [3.05, 3.63) is 75.9 Å². The molecule has 0 aliphatic carbocycles. The number of carbonyl (C=O) groups is 1. The Balaban J connectivity index is 1.72. The zero-order valence-corrected chi connectivity index (χ0v) is 20.4. The van der Waals surface area contributed by atoms with Crippen molar-refractivity contribution in [2.24, 2.45) is 5.73 Å². The Morgan fingerprint density at radius 1 is 1.27 bits per heavy atom. The Kier molecular flexibility index (Phi) is 6.47. The van der Waals surface area contributed by atoms with Crippen molar-refractivity contribution in [3.8, 4) is 16.3 Å². The van der Waals surface area contributed by atoms with Crippen molar-refractivity contribution in [1.29, 1.82) is 0 Å². The number of imidazole rings is 1.